The van der Waals surface area contributed by atoms with E-state index in [0.29, 0.717) is 12.3 Å². The second kappa shape index (κ2) is 4.04. The second-order valence-electron chi connectivity index (χ2n) is 3.12. The first-order valence-electron chi connectivity index (χ1n) is 4.35. The fraction of sp³-hybridized carbons (Fsp3) is 0.300. The quantitative estimate of drug-likeness (QED) is 0.612. The number of ether oxygens (including phenoxy) is 2. The van der Waals surface area contributed by atoms with E-state index in [0.717, 1.165) is 21.3 Å². The Bertz CT molecular complexity index is 452. The monoisotopic (exact) mass is 269 g/mol. The summed E-state index contributed by atoms with van der Waals surface area (Å²) in [4.78, 5) is 13.6. The van der Waals surface area contributed by atoms with Crippen LogP contribution < -0.4 is 9.47 Å². The molecule has 0 saturated heterocycles. The molecule has 1 aromatic carbocycles. The first-order chi connectivity index (χ1) is 7.24. The third-order valence-electron chi connectivity index (χ3n) is 2.21. The van der Waals surface area contributed by atoms with Gasteiger partial charge in [0, 0.05) is 10.0 Å². The van der Waals surface area contributed by atoms with Gasteiger partial charge in [0.1, 0.15) is 0 Å². The molecule has 0 atom stereocenters. The topological polar surface area (TPSA) is 47.9 Å². The maximum atomic E-state index is 10.0. The van der Waals surface area contributed by atoms with E-state index < -0.39 is 0 Å². The minimum absolute atomic E-state index is 0.239. The molecular weight excluding hydrogens is 262 g/mol. The number of fused-ring (bicyclic) bond motifs is 1. The Morgan fingerprint density at radius 2 is 2.40 bits per heavy atom. The molecule has 15 heavy (non-hydrogen) atoms. The Hall–Kier alpha value is -1.32. The Balaban J connectivity index is 2.48. The zero-order chi connectivity index (χ0) is 10.8. The summed E-state index contributed by atoms with van der Waals surface area (Å²) in [5.41, 5.74) is 1.85. The number of carbonyl (C=O) groups excluding carboxylic acids is 1. The summed E-state index contributed by atoms with van der Waals surface area (Å²) < 4.78 is 11.5. The van der Waals surface area contributed by atoms with E-state index in [-0.39, 0.29) is 6.79 Å². The van der Waals surface area contributed by atoms with Gasteiger partial charge in [-0.2, -0.15) is 0 Å². The molecular formula is C10H8BrNO3. The predicted octanol–water partition coefficient (Wildman–Crippen LogP) is 2.32. The van der Waals surface area contributed by atoms with Crippen molar-refractivity contribution in [3.63, 3.8) is 0 Å². The van der Waals surface area contributed by atoms with Gasteiger partial charge in [0.15, 0.2) is 11.5 Å². The van der Waals surface area contributed by atoms with Crippen molar-refractivity contribution in [2.75, 3.05) is 6.79 Å². The van der Waals surface area contributed by atoms with E-state index in [1.165, 1.54) is 6.08 Å². The molecule has 1 aliphatic rings. The van der Waals surface area contributed by atoms with Crippen LogP contribution in [0.15, 0.2) is 15.5 Å². The van der Waals surface area contributed by atoms with E-state index in [1.807, 2.05) is 13.0 Å². The number of benzene rings is 1. The van der Waals surface area contributed by atoms with Crippen molar-refractivity contribution in [1.29, 1.82) is 0 Å². The zero-order valence-electron chi connectivity index (χ0n) is 8.04. The summed E-state index contributed by atoms with van der Waals surface area (Å²) in [6.07, 6.45) is 1.51. The lowest BCUT2D eigenvalue weighted by Crippen LogP contribution is -1.93. The van der Waals surface area contributed by atoms with Gasteiger partial charge in [-0.3, -0.25) is 0 Å². The molecule has 0 spiro atoms. The van der Waals surface area contributed by atoms with Gasteiger partial charge >= 0.3 is 0 Å². The fourth-order valence-electron chi connectivity index (χ4n) is 1.48. The number of nitrogens with zero attached hydrogens (tertiary/aromatic N) is 1. The summed E-state index contributed by atoms with van der Waals surface area (Å²) in [7, 11) is 0. The van der Waals surface area contributed by atoms with Crippen LogP contribution in [-0.4, -0.2) is 12.9 Å². The van der Waals surface area contributed by atoms with Crippen LogP contribution in [0.4, 0.5) is 0 Å². The molecule has 0 N–H and O–H groups in total. The van der Waals surface area contributed by atoms with E-state index in [9.17, 15) is 4.79 Å². The standard InChI is InChI=1S/C10H8BrNO3/c1-6-9(11)7(3-12-4-13)2-8-10(6)15-5-14-8/h2H,3,5H2,1H3. The van der Waals surface area contributed by atoms with Gasteiger partial charge in [0.05, 0.1) is 6.54 Å². The van der Waals surface area contributed by atoms with E-state index in [2.05, 4.69) is 20.9 Å². The molecule has 0 saturated carbocycles. The van der Waals surface area contributed by atoms with Crippen LogP contribution in [0.2, 0.25) is 0 Å². The SMILES string of the molecule is Cc1c(Br)c(CN=C=O)cc2c1OCO2. The lowest BCUT2D eigenvalue weighted by Gasteiger charge is -2.07. The van der Waals surface area contributed by atoms with Crippen LogP contribution >= 0.6 is 15.9 Å². The molecule has 0 aliphatic carbocycles. The van der Waals surface area contributed by atoms with Gasteiger partial charge < -0.3 is 9.47 Å². The first kappa shape index (κ1) is 10.2. The molecule has 0 radical (unpaired) electrons. The van der Waals surface area contributed by atoms with Crippen LogP contribution in [0.1, 0.15) is 11.1 Å². The van der Waals surface area contributed by atoms with E-state index in [1.54, 1.807) is 0 Å². The van der Waals surface area contributed by atoms with E-state index >= 15 is 0 Å². The van der Waals surface area contributed by atoms with Crippen molar-refractivity contribution >= 4 is 22.0 Å². The Labute approximate surface area is 95.0 Å². The summed E-state index contributed by atoms with van der Waals surface area (Å²) in [6.45, 7) is 2.45. The summed E-state index contributed by atoms with van der Waals surface area (Å²) in [5, 5.41) is 0. The van der Waals surface area contributed by atoms with Crippen molar-refractivity contribution in [2.24, 2.45) is 4.99 Å². The molecule has 2 rings (SSSR count). The van der Waals surface area contributed by atoms with Gasteiger partial charge in [-0.05, 0) is 18.6 Å². The largest absolute Gasteiger partial charge is 0.454 e. The van der Waals surface area contributed by atoms with Gasteiger partial charge in [0.25, 0.3) is 0 Å². The van der Waals surface area contributed by atoms with E-state index in [4.69, 9.17) is 9.47 Å². The van der Waals surface area contributed by atoms with Gasteiger partial charge in [-0.15, -0.1) is 0 Å². The average Bonchev–Trinajstić information content (AvgIpc) is 2.69. The van der Waals surface area contributed by atoms with Crippen LogP contribution in [-0.2, 0) is 11.3 Å². The highest BCUT2D eigenvalue weighted by molar-refractivity contribution is 9.10. The molecule has 1 aliphatic heterocycles. The number of aliphatic imine (C=N–C) groups is 1. The van der Waals surface area contributed by atoms with Crippen molar-refractivity contribution in [2.45, 2.75) is 13.5 Å². The predicted molar refractivity (Wildman–Crippen MR) is 56.8 cm³/mol. The van der Waals surface area contributed by atoms with Crippen molar-refractivity contribution in [1.82, 2.24) is 0 Å². The summed E-state index contributed by atoms with van der Waals surface area (Å²) >= 11 is 3.44. The Morgan fingerprint density at radius 1 is 1.60 bits per heavy atom. The molecule has 0 aromatic heterocycles. The zero-order valence-corrected chi connectivity index (χ0v) is 9.63. The number of rotatable bonds is 2. The lowest BCUT2D eigenvalue weighted by molar-refractivity contribution is 0.173. The van der Waals surface area contributed by atoms with Crippen molar-refractivity contribution < 1.29 is 14.3 Å². The third kappa shape index (κ3) is 1.76. The maximum Gasteiger partial charge on any atom is 0.235 e. The Morgan fingerprint density at radius 3 is 3.13 bits per heavy atom. The fourth-order valence-corrected chi connectivity index (χ4v) is 1.90. The number of hydrogen-bond donors (Lipinski definition) is 0. The molecule has 5 heteroatoms. The van der Waals surface area contributed by atoms with Gasteiger partial charge in [0.2, 0.25) is 12.9 Å². The molecule has 1 aromatic rings. The number of hydrogen-bond acceptors (Lipinski definition) is 4. The van der Waals surface area contributed by atoms with Gasteiger partial charge in [-0.25, -0.2) is 9.79 Å². The Kier molecular flexibility index (Phi) is 2.75. The summed E-state index contributed by atoms with van der Waals surface area (Å²) in [5.74, 6) is 1.45. The molecule has 4 nitrogen and oxygen atoms in total. The number of isocyanates is 1. The molecule has 0 bridgehead atoms. The van der Waals surface area contributed by atoms with Crippen LogP contribution in [0.5, 0.6) is 11.5 Å². The first-order valence-corrected chi connectivity index (χ1v) is 5.14. The third-order valence-corrected chi connectivity index (χ3v) is 3.32. The molecule has 0 amide bonds. The molecule has 78 valence electrons. The molecule has 0 unspecified atom stereocenters. The normalized spacial score (nSPS) is 12.4. The van der Waals surface area contributed by atoms with Crippen LogP contribution in [0.3, 0.4) is 0 Å². The molecule has 0 fully saturated rings. The van der Waals surface area contributed by atoms with Gasteiger partial charge in [-0.1, -0.05) is 15.9 Å². The maximum absolute atomic E-state index is 10.0. The highest BCUT2D eigenvalue weighted by Crippen LogP contribution is 2.41. The minimum atomic E-state index is 0.239. The second-order valence-corrected chi connectivity index (χ2v) is 3.91. The smallest absolute Gasteiger partial charge is 0.235 e. The number of halogens is 1. The van der Waals surface area contributed by atoms with Crippen molar-refractivity contribution in [3.05, 3.63) is 21.7 Å². The average molecular weight is 270 g/mol. The lowest BCUT2D eigenvalue weighted by atomic mass is 10.1. The minimum Gasteiger partial charge on any atom is -0.454 e. The highest BCUT2D eigenvalue weighted by Gasteiger charge is 2.20. The highest BCUT2D eigenvalue weighted by atomic mass is 79.9. The summed E-state index contributed by atoms with van der Waals surface area (Å²) in [6, 6.07) is 1.82. The van der Waals surface area contributed by atoms with Crippen LogP contribution in [0, 0.1) is 6.92 Å². The molecule has 1 heterocycles. The van der Waals surface area contributed by atoms with Crippen molar-refractivity contribution in [3.8, 4) is 11.5 Å². The van der Waals surface area contributed by atoms with Crippen LogP contribution in [0.25, 0.3) is 0 Å².